The average molecular weight is 243 g/mol. The maximum Gasteiger partial charge on any atom is 0.411 e. The van der Waals surface area contributed by atoms with Gasteiger partial charge >= 0.3 is 12.1 Å². The number of ether oxygens (including phenoxy) is 2. The van der Waals surface area contributed by atoms with Crippen molar-refractivity contribution in [2.24, 2.45) is 0 Å². The topological polar surface area (TPSA) is 47.6 Å². The van der Waals surface area contributed by atoms with Crippen LogP contribution in [0, 0.1) is 0 Å². The van der Waals surface area contributed by atoms with Crippen LogP contribution in [0.1, 0.15) is 13.3 Å². The quantitative estimate of drug-likeness (QED) is 0.537. The fourth-order valence-corrected chi connectivity index (χ4v) is 0.971. The predicted octanol–water partition coefficient (Wildman–Crippen LogP) is 1.11. The van der Waals surface area contributed by atoms with Gasteiger partial charge in [-0.25, -0.2) is 0 Å². The van der Waals surface area contributed by atoms with Crippen molar-refractivity contribution in [3.05, 3.63) is 0 Å². The Kier molecular flexibility index (Phi) is 7.07. The van der Waals surface area contributed by atoms with Crippen LogP contribution in [0.2, 0.25) is 0 Å². The van der Waals surface area contributed by atoms with E-state index in [1.807, 2.05) is 0 Å². The maximum absolute atomic E-state index is 11.7. The number of carbonyl (C=O) groups excluding carboxylic acids is 1. The number of hydrogen-bond acceptors (Lipinski definition) is 4. The molecule has 0 aliphatic carbocycles. The van der Waals surface area contributed by atoms with Crippen molar-refractivity contribution >= 4 is 5.97 Å². The fraction of sp³-hybridized carbons (Fsp3) is 0.889. The lowest BCUT2D eigenvalue weighted by atomic mass is 10.2. The van der Waals surface area contributed by atoms with Gasteiger partial charge in [0, 0.05) is 12.6 Å². The Morgan fingerprint density at radius 3 is 2.56 bits per heavy atom. The minimum Gasteiger partial charge on any atom is -0.469 e. The zero-order valence-electron chi connectivity index (χ0n) is 9.26. The summed E-state index contributed by atoms with van der Waals surface area (Å²) < 4.78 is 43.8. The van der Waals surface area contributed by atoms with Gasteiger partial charge in [-0.3, -0.25) is 4.79 Å². The Hall–Kier alpha value is -0.820. The summed E-state index contributed by atoms with van der Waals surface area (Å²) >= 11 is 0. The lowest BCUT2D eigenvalue weighted by molar-refractivity contribution is -0.173. The fourth-order valence-electron chi connectivity index (χ4n) is 0.971. The predicted molar refractivity (Wildman–Crippen MR) is 51.0 cm³/mol. The van der Waals surface area contributed by atoms with E-state index in [-0.39, 0.29) is 31.6 Å². The van der Waals surface area contributed by atoms with Crippen LogP contribution in [0.3, 0.4) is 0 Å². The van der Waals surface area contributed by atoms with Crippen LogP contribution in [-0.4, -0.2) is 45.1 Å². The van der Waals surface area contributed by atoms with Gasteiger partial charge in [-0.05, 0) is 6.92 Å². The number of rotatable bonds is 7. The maximum atomic E-state index is 11.7. The minimum atomic E-state index is -4.29. The van der Waals surface area contributed by atoms with E-state index in [9.17, 15) is 18.0 Å². The Morgan fingerprint density at radius 1 is 1.44 bits per heavy atom. The van der Waals surface area contributed by atoms with Gasteiger partial charge in [0.25, 0.3) is 0 Å². The summed E-state index contributed by atoms with van der Waals surface area (Å²) in [7, 11) is 1.28. The second kappa shape index (κ2) is 7.45. The molecule has 0 aromatic rings. The summed E-state index contributed by atoms with van der Waals surface area (Å²) in [6, 6.07) is -0.151. The molecule has 0 amide bonds. The number of alkyl halides is 3. The third-order valence-corrected chi connectivity index (χ3v) is 1.71. The van der Waals surface area contributed by atoms with Crippen LogP contribution >= 0.6 is 0 Å². The van der Waals surface area contributed by atoms with Gasteiger partial charge in [0.15, 0.2) is 0 Å². The van der Waals surface area contributed by atoms with Gasteiger partial charge in [0.1, 0.15) is 6.61 Å². The molecule has 0 saturated heterocycles. The Morgan fingerprint density at radius 2 is 2.06 bits per heavy atom. The van der Waals surface area contributed by atoms with Gasteiger partial charge in [-0.15, -0.1) is 0 Å². The van der Waals surface area contributed by atoms with Gasteiger partial charge < -0.3 is 14.8 Å². The van der Waals surface area contributed by atoms with Gasteiger partial charge in [0.05, 0.1) is 20.1 Å². The monoisotopic (exact) mass is 243 g/mol. The molecule has 1 atom stereocenters. The molecule has 4 nitrogen and oxygen atoms in total. The third kappa shape index (κ3) is 9.72. The number of methoxy groups -OCH3 is 1. The van der Waals surface area contributed by atoms with Crippen molar-refractivity contribution < 1.29 is 27.4 Å². The van der Waals surface area contributed by atoms with Crippen molar-refractivity contribution in [3.8, 4) is 0 Å². The zero-order valence-corrected chi connectivity index (χ0v) is 9.26. The van der Waals surface area contributed by atoms with Crippen molar-refractivity contribution in [1.29, 1.82) is 0 Å². The molecular weight excluding hydrogens is 227 g/mol. The molecular formula is C9H16F3NO3. The van der Waals surface area contributed by atoms with Crippen molar-refractivity contribution in [2.45, 2.75) is 25.6 Å². The number of carbonyl (C=O) groups is 1. The first-order valence-electron chi connectivity index (χ1n) is 4.80. The zero-order chi connectivity index (χ0) is 12.6. The van der Waals surface area contributed by atoms with Crippen LogP contribution in [-0.2, 0) is 14.3 Å². The van der Waals surface area contributed by atoms with E-state index in [0.29, 0.717) is 0 Å². The first kappa shape index (κ1) is 15.2. The number of hydrogen-bond donors (Lipinski definition) is 1. The van der Waals surface area contributed by atoms with E-state index < -0.39 is 12.8 Å². The van der Waals surface area contributed by atoms with E-state index >= 15 is 0 Å². The van der Waals surface area contributed by atoms with E-state index in [4.69, 9.17) is 0 Å². The van der Waals surface area contributed by atoms with Crippen LogP contribution in [0.5, 0.6) is 0 Å². The van der Waals surface area contributed by atoms with Crippen LogP contribution in [0.4, 0.5) is 13.2 Å². The van der Waals surface area contributed by atoms with Crippen molar-refractivity contribution in [3.63, 3.8) is 0 Å². The smallest absolute Gasteiger partial charge is 0.411 e. The molecule has 0 saturated carbocycles. The summed E-state index contributed by atoms with van der Waals surface area (Å²) in [6.07, 6.45) is -4.12. The standard InChI is InChI=1S/C9H16F3NO3/c1-7(5-8(14)15-2)13-3-4-16-6-9(10,11)12/h7,13H,3-6H2,1-2H3. The van der Waals surface area contributed by atoms with Crippen LogP contribution in [0.25, 0.3) is 0 Å². The highest BCUT2D eigenvalue weighted by Crippen LogP contribution is 2.13. The first-order valence-corrected chi connectivity index (χ1v) is 4.80. The average Bonchev–Trinajstić information content (AvgIpc) is 2.15. The molecule has 1 unspecified atom stereocenters. The SMILES string of the molecule is COC(=O)CC(C)NCCOCC(F)(F)F. The molecule has 1 N–H and O–H groups in total. The normalized spacial score (nSPS) is 13.6. The Balaban J connectivity index is 3.41. The van der Waals surface area contributed by atoms with E-state index in [1.165, 1.54) is 7.11 Å². The second-order valence-electron chi connectivity index (χ2n) is 3.30. The molecule has 0 spiro atoms. The van der Waals surface area contributed by atoms with Crippen LogP contribution < -0.4 is 5.32 Å². The first-order chi connectivity index (χ1) is 7.35. The van der Waals surface area contributed by atoms with Crippen molar-refractivity contribution in [1.82, 2.24) is 5.32 Å². The summed E-state index contributed by atoms with van der Waals surface area (Å²) in [5, 5.41) is 2.84. The highest BCUT2D eigenvalue weighted by molar-refractivity contribution is 5.69. The molecule has 0 radical (unpaired) electrons. The van der Waals surface area contributed by atoms with E-state index in [0.717, 1.165) is 0 Å². The van der Waals surface area contributed by atoms with E-state index in [2.05, 4.69) is 14.8 Å². The number of esters is 1. The summed E-state index contributed by atoms with van der Waals surface area (Å²) in [5.41, 5.74) is 0. The second-order valence-corrected chi connectivity index (χ2v) is 3.30. The lowest BCUT2D eigenvalue weighted by Gasteiger charge is -2.13. The molecule has 0 bridgehead atoms. The summed E-state index contributed by atoms with van der Waals surface area (Å²) in [6.45, 7) is 0.694. The molecule has 0 heterocycles. The summed E-state index contributed by atoms with van der Waals surface area (Å²) in [5.74, 6) is -0.365. The molecule has 7 heteroatoms. The lowest BCUT2D eigenvalue weighted by Crippen LogP contribution is -2.32. The molecule has 0 fully saturated rings. The minimum absolute atomic E-state index is 0.0506. The molecule has 0 aromatic carbocycles. The largest absolute Gasteiger partial charge is 0.469 e. The number of nitrogens with one attached hydrogen (secondary N) is 1. The number of halogens is 3. The summed E-state index contributed by atoms with van der Waals surface area (Å²) in [4.78, 5) is 10.8. The molecule has 0 aliphatic rings. The van der Waals surface area contributed by atoms with Crippen LogP contribution in [0.15, 0.2) is 0 Å². The van der Waals surface area contributed by atoms with E-state index in [1.54, 1.807) is 6.92 Å². The van der Waals surface area contributed by atoms with Gasteiger partial charge in [-0.2, -0.15) is 13.2 Å². The molecule has 16 heavy (non-hydrogen) atoms. The van der Waals surface area contributed by atoms with Gasteiger partial charge in [0.2, 0.25) is 0 Å². The highest BCUT2D eigenvalue weighted by atomic mass is 19.4. The molecule has 96 valence electrons. The van der Waals surface area contributed by atoms with Crippen molar-refractivity contribution in [2.75, 3.05) is 26.9 Å². The Labute approximate surface area is 92.1 Å². The van der Waals surface area contributed by atoms with Gasteiger partial charge in [-0.1, -0.05) is 0 Å². The third-order valence-electron chi connectivity index (χ3n) is 1.71. The Bertz CT molecular complexity index is 209. The molecule has 0 aliphatic heterocycles. The molecule has 0 rings (SSSR count). The highest BCUT2D eigenvalue weighted by Gasteiger charge is 2.27. The molecule has 0 aromatic heterocycles.